The van der Waals surface area contributed by atoms with E-state index in [0.717, 1.165) is 16.5 Å². The summed E-state index contributed by atoms with van der Waals surface area (Å²) in [5.41, 5.74) is 1.15. The topological polar surface area (TPSA) is 75.4 Å². The maximum atomic E-state index is 13.0. The molecule has 2 aromatic heterocycles. The van der Waals surface area contributed by atoms with Crippen molar-refractivity contribution in [3.05, 3.63) is 60.6 Å². The van der Waals surface area contributed by atoms with Gasteiger partial charge >= 0.3 is 0 Å². The molecule has 3 aromatic rings. The second-order valence-corrected chi connectivity index (χ2v) is 10.2. The van der Waals surface area contributed by atoms with E-state index in [1.807, 2.05) is 35.0 Å². The Bertz CT molecular complexity index is 1100. The fourth-order valence-corrected chi connectivity index (χ4v) is 5.40. The van der Waals surface area contributed by atoms with Crippen LogP contribution in [0.15, 0.2) is 59.9 Å². The first-order valence-electron chi connectivity index (χ1n) is 10.00. The maximum absolute atomic E-state index is 13.0. The third kappa shape index (κ3) is 3.95. The highest BCUT2D eigenvalue weighted by Crippen LogP contribution is 2.30. The minimum atomic E-state index is -3.55. The van der Waals surface area contributed by atoms with Gasteiger partial charge in [0.25, 0.3) is 0 Å². The fraction of sp³-hybridized carbons (Fsp3) is 0.409. The van der Waals surface area contributed by atoms with Crippen molar-refractivity contribution in [3.63, 3.8) is 0 Å². The van der Waals surface area contributed by atoms with E-state index in [9.17, 15) is 13.5 Å². The molecule has 1 fully saturated rings. The van der Waals surface area contributed by atoms with Crippen LogP contribution in [0.1, 0.15) is 38.2 Å². The molecule has 0 aliphatic carbocycles. The Labute approximate surface area is 171 Å². The van der Waals surface area contributed by atoms with Crippen LogP contribution in [0.25, 0.3) is 10.9 Å². The van der Waals surface area contributed by atoms with E-state index >= 15 is 0 Å². The van der Waals surface area contributed by atoms with Gasteiger partial charge < -0.3 is 9.67 Å². The molecule has 1 saturated heterocycles. The van der Waals surface area contributed by atoms with Crippen LogP contribution in [0.3, 0.4) is 0 Å². The largest absolute Gasteiger partial charge is 0.388 e. The number of piperidine rings is 1. The van der Waals surface area contributed by atoms with Crippen molar-refractivity contribution in [2.45, 2.75) is 49.6 Å². The quantitative estimate of drug-likeness (QED) is 0.696. The summed E-state index contributed by atoms with van der Waals surface area (Å²) in [6.45, 7) is 5.21. The van der Waals surface area contributed by atoms with Crippen molar-refractivity contribution in [3.8, 4) is 0 Å². The van der Waals surface area contributed by atoms with E-state index in [2.05, 4.69) is 18.8 Å². The number of aromatic nitrogens is 2. The second kappa shape index (κ2) is 7.55. The lowest BCUT2D eigenvalue weighted by Crippen LogP contribution is -2.48. The molecule has 4 rings (SSSR count). The number of benzene rings is 1. The first kappa shape index (κ1) is 20.1. The van der Waals surface area contributed by atoms with Crippen molar-refractivity contribution in [2.75, 3.05) is 13.1 Å². The van der Waals surface area contributed by atoms with Crippen molar-refractivity contribution in [1.82, 2.24) is 13.9 Å². The molecule has 0 saturated carbocycles. The number of fused-ring (bicyclic) bond motifs is 1. The maximum Gasteiger partial charge on any atom is 0.243 e. The highest BCUT2D eigenvalue weighted by Gasteiger charge is 2.37. The Balaban J connectivity index is 1.46. The lowest BCUT2D eigenvalue weighted by Gasteiger charge is -2.37. The van der Waals surface area contributed by atoms with Crippen molar-refractivity contribution < 1.29 is 13.5 Å². The SMILES string of the molecule is CC(C)c1ccc(S(=O)(=O)N2CCC(O)(Cn3ccc4ccncc43)CC2)cc1. The average molecular weight is 414 g/mol. The Morgan fingerprint density at radius 1 is 1.10 bits per heavy atom. The van der Waals surface area contributed by atoms with Crippen molar-refractivity contribution in [1.29, 1.82) is 0 Å². The van der Waals surface area contributed by atoms with E-state index in [1.165, 1.54) is 4.31 Å². The third-order valence-corrected chi connectivity index (χ3v) is 7.79. The van der Waals surface area contributed by atoms with Crippen molar-refractivity contribution >= 4 is 20.9 Å². The lowest BCUT2D eigenvalue weighted by atomic mass is 9.92. The number of hydrogen-bond acceptors (Lipinski definition) is 4. The molecule has 6 nitrogen and oxygen atoms in total. The number of rotatable bonds is 5. The molecule has 1 aliphatic heterocycles. The molecule has 1 aliphatic rings. The standard InChI is InChI=1S/C22H27N3O3S/c1-17(2)18-3-5-20(6-4-18)29(27,28)25-13-9-22(26,10-14-25)16-24-12-8-19-7-11-23-15-21(19)24/h3-8,11-12,15,17,26H,9-10,13-14,16H2,1-2H3. The van der Waals surface area contributed by atoms with Gasteiger partial charge in [-0.05, 0) is 48.6 Å². The highest BCUT2D eigenvalue weighted by atomic mass is 32.2. The molecule has 0 unspecified atom stereocenters. The van der Waals surface area contributed by atoms with Gasteiger partial charge in [-0.15, -0.1) is 0 Å². The molecule has 0 radical (unpaired) electrons. The van der Waals surface area contributed by atoms with Crippen LogP contribution in [0.4, 0.5) is 0 Å². The van der Waals surface area contributed by atoms with Crippen LogP contribution >= 0.6 is 0 Å². The molecule has 0 atom stereocenters. The molecule has 0 spiro atoms. The molecule has 7 heteroatoms. The van der Waals surface area contributed by atoms with Gasteiger partial charge in [-0.3, -0.25) is 4.98 Å². The summed E-state index contributed by atoms with van der Waals surface area (Å²) in [7, 11) is -3.55. The van der Waals surface area contributed by atoms with Crippen LogP contribution < -0.4 is 0 Å². The van der Waals surface area contributed by atoms with Gasteiger partial charge in [-0.2, -0.15) is 4.31 Å². The molecule has 1 aromatic carbocycles. The predicted octanol–water partition coefficient (Wildman–Crippen LogP) is 3.38. The molecule has 3 heterocycles. The Kier molecular flexibility index (Phi) is 5.23. The van der Waals surface area contributed by atoms with Gasteiger partial charge in [-0.25, -0.2) is 8.42 Å². The molecular formula is C22H27N3O3S. The molecule has 1 N–H and O–H groups in total. The monoisotopic (exact) mass is 413 g/mol. The van der Waals surface area contributed by atoms with Gasteiger partial charge in [0.1, 0.15) is 0 Å². The van der Waals surface area contributed by atoms with Crippen molar-refractivity contribution in [2.24, 2.45) is 0 Å². The van der Waals surface area contributed by atoms with Gasteiger partial charge in [0.2, 0.25) is 10.0 Å². The van der Waals surface area contributed by atoms with Gasteiger partial charge in [-0.1, -0.05) is 26.0 Å². The smallest absolute Gasteiger partial charge is 0.243 e. The average Bonchev–Trinajstić information content (AvgIpc) is 3.11. The first-order valence-corrected chi connectivity index (χ1v) is 11.4. The molecule has 29 heavy (non-hydrogen) atoms. The zero-order valence-corrected chi connectivity index (χ0v) is 17.6. The van der Waals surface area contributed by atoms with E-state index in [1.54, 1.807) is 24.5 Å². The molecular weight excluding hydrogens is 386 g/mol. The first-order chi connectivity index (χ1) is 13.8. The van der Waals surface area contributed by atoms with Crippen LogP contribution in [0.2, 0.25) is 0 Å². The molecule has 0 amide bonds. The minimum Gasteiger partial charge on any atom is -0.388 e. The normalized spacial score (nSPS) is 17.8. The van der Waals surface area contributed by atoms with Crippen LogP contribution in [-0.2, 0) is 16.6 Å². The number of hydrogen-bond donors (Lipinski definition) is 1. The summed E-state index contributed by atoms with van der Waals surface area (Å²) in [6, 6.07) is 11.1. The van der Waals surface area contributed by atoms with E-state index in [0.29, 0.717) is 43.3 Å². The Morgan fingerprint density at radius 2 is 1.79 bits per heavy atom. The predicted molar refractivity (Wildman–Crippen MR) is 113 cm³/mol. The zero-order chi connectivity index (χ0) is 20.6. The summed E-state index contributed by atoms with van der Waals surface area (Å²) in [6.07, 6.45) is 6.29. The van der Waals surface area contributed by atoms with Gasteiger partial charge in [0.15, 0.2) is 0 Å². The minimum absolute atomic E-state index is 0.308. The third-order valence-electron chi connectivity index (χ3n) is 5.88. The second-order valence-electron chi connectivity index (χ2n) is 8.23. The number of nitrogens with zero attached hydrogens (tertiary/aromatic N) is 3. The summed E-state index contributed by atoms with van der Waals surface area (Å²) in [5.74, 6) is 0.358. The number of pyridine rings is 1. The van der Waals surface area contributed by atoms with Crippen LogP contribution in [-0.4, -0.2) is 46.1 Å². The summed E-state index contributed by atoms with van der Waals surface area (Å²) < 4.78 is 29.5. The highest BCUT2D eigenvalue weighted by molar-refractivity contribution is 7.89. The lowest BCUT2D eigenvalue weighted by molar-refractivity contribution is -0.0185. The Morgan fingerprint density at radius 3 is 2.45 bits per heavy atom. The fourth-order valence-electron chi connectivity index (χ4n) is 3.96. The van der Waals surface area contributed by atoms with Crippen LogP contribution in [0, 0.1) is 0 Å². The van der Waals surface area contributed by atoms with Crippen LogP contribution in [0.5, 0.6) is 0 Å². The summed E-state index contributed by atoms with van der Waals surface area (Å²) in [4.78, 5) is 4.48. The summed E-state index contributed by atoms with van der Waals surface area (Å²) >= 11 is 0. The van der Waals surface area contributed by atoms with E-state index in [4.69, 9.17) is 0 Å². The number of aliphatic hydroxyl groups is 1. The van der Waals surface area contributed by atoms with E-state index in [-0.39, 0.29) is 0 Å². The zero-order valence-electron chi connectivity index (χ0n) is 16.8. The molecule has 154 valence electrons. The van der Waals surface area contributed by atoms with Gasteiger partial charge in [0, 0.05) is 30.9 Å². The molecule has 0 bridgehead atoms. The number of sulfonamides is 1. The van der Waals surface area contributed by atoms with Gasteiger partial charge in [0.05, 0.1) is 28.8 Å². The Hall–Kier alpha value is -2.22. The summed E-state index contributed by atoms with van der Waals surface area (Å²) in [5, 5.41) is 12.2. The van der Waals surface area contributed by atoms with E-state index < -0.39 is 15.6 Å².